The Hall–Kier alpha value is -2.10. The lowest BCUT2D eigenvalue weighted by atomic mass is 10.1. The maximum Gasteiger partial charge on any atom is 0.255 e. The van der Waals surface area contributed by atoms with E-state index in [2.05, 4.69) is 10.3 Å². The van der Waals surface area contributed by atoms with E-state index in [4.69, 9.17) is 16.3 Å². The Morgan fingerprint density at radius 2 is 2.18 bits per heavy atom. The number of aromatic nitrogens is 1. The van der Waals surface area contributed by atoms with Gasteiger partial charge in [0, 0.05) is 17.7 Å². The zero-order chi connectivity index (χ0) is 19.8. The number of ether oxygens (including phenoxy) is 1. The third-order valence-corrected chi connectivity index (χ3v) is 5.94. The minimum atomic E-state index is -0.731. The normalized spacial score (nSPS) is 21.9. The Morgan fingerprint density at radius 1 is 1.36 bits per heavy atom. The zero-order valence-corrected chi connectivity index (χ0v) is 16.0. The van der Waals surface area contributed by atoms with Crippen molar-refractivity contribution in [3.8, 4) is 0 Å². The molecule has 0 aliphatic carbocycles. The van der Waals surface area contributed by atoms with Crippen molar-refractivity contribution < 1.29 is 24.1 Å². The molecule has 0 spiro atoms. The van der Waals surface area contributed by atoms with Gasteiger partial charge in [-0.1, -0.05) is 11.6 Å². The summed E-state index contributed by atoms with van der Waals surface area (Å²) in [6.07, 6.45) is -1.36. The summed E-state index contributed by atoms with van der Waals surface area (Å²) in [7, 11) is 0. The number of nitrogens with one attached hydrogen (secondary N) is 1. The van der Waals surface area contributed by atoms with Crippen LogP contribution in [0.5, 0.6) is 0 Å². The average molecular weight is 423 g/mol. The summed E-state index contributed by atoms with van der Waals surface area (Å²) in [5.41, 5.74) is 1.42. The van der Waals surface area contributed by atoms with Gasteiger partial charge in [0.2, 0.25) is 0 Å². The summed E-state index contributed by atoms with van der Waals surface area (Å²) in [5, 5.41) is 22.4. The number of aliphatic hydroxyl groups excluding tert-OH is 2. The zero-order valence-electron chi connectivity index (χ0n) is 14.4. The highest BCUT2D eigenvalue weighted by Crippen LogP contribution is 2.37. The molecule has 28 heavy (non-hydrogen) atoms. The van der Waals surface area contributed by atoms with E-state index in [1.807, 2.05) is 0 Å². The van der Waals surface area contributed by atoms with Gasteiger partial charge in [-0.15, -0.1) is 11.3 Å². The van der Waals surface area contributed by atoms with Crippen molar-refractivity contribution in [3.63, 3.8) is 0 Å². The van der Waals surface area contributed by atoms with Gasteiger partial charge in [0.25, 0.3) is 5.91 Å². The molecule has 0 bridgehead atoms. The van der Waals surface area contributed by atoms with E-state index >= 15 is 0 Å². The molecule has 1 aliphatic rings. The van der Waals surface area contributed by atoms with Gasteiger partial charge in [0.05, 0.1) is 28.0 Å². The Balaban J connectivity index is 1.54. The number of thiazole rings is 1. The predicted octanol–water partition coefficient (Wildman–Crippen LogP) is 3.52. The molecule has 3 aromatic rings. The number of hydrogen-bond donors (Lipinski definition) is 3. The maximum absolute atomic E-state index is 13.2. The van der Waals surface area contributed by atoms with Crippen molar-refractivity contribution in [1.29, 1.82) is 0 Å². The smallest absolute Gasteiger partial charge is 0.255 e. The van der Waals surface area contributed by atoms with E-state index in [0.717, 1.165) is 4.70 Å². The maximum atomic E-state index is 13.2. The van der Waals surface area contributed by atoms with Crippen LogP contribution >= 0.6 is 22.9 Å². The predicted molar refractivity (Wildman–Crippen MR) is 104 cm³/mol. The molecule has 2 aromatic carbocycles. The molecule has 3 N–H and O–H groups in total. The Morgan fingerprint density at radius 3 is 2.89 bits per heavy atom. The molecule has 4 rings (SSSR count). The first kappa shape index (κ1) is 19.2. The lowest BCUT2D eigenvalue weighted by Crippen LogP contribution is -2.24. The monoisotopic (exact) mass is 422 g/mol. The summed E-state index contributed by atoms with van der Waals surface area (Å²) in [5.74, 6) is -0.925. The van der Waals surface area contributed by atoms with E-state index in [1.165, 1.54) is 29.5 Å². The fraction of sp³-hybridized carbons (Fsp3) is 0.263. The molecule has 1 saturated heterocycles. The summed E-state index contributed by atoms with van der Waals surface area (Å²) in [4.78, 5) is 17.0. The number of halogens is 2. The minimum Gasteiger partial charge on any atom is -0.394 e. The number of benzene rings is 2. The summed E-state index contributed by atoms with van der Waals surface area (Å²) < 4.78 is 19.8. The van der Waals surface area contributed by atoms with Crippen molar-refractivity contribution >= 4 is 44.7 Å². The molecule has 1 aliphatic heterocycles. The SMILES string of the molecule is O=C(Nc1ccc(F)c(Cl)c1)c1ccc2sc([C@H]3C[C@H](O)[C@@H](CO)O3)nc2c1. The summed E-state index contributed by atoms with van der Waals surface area (Å²) in [6, 6.07) is 9.07. The van der Waals surface area contributed by atoms with Crippen LogP contribution in [0, 0.1) is 5.82 Å². The molecular weight excluding hydrogens is 407 g/mol. The van der Waals surface area contributed by atoms with Gasteiger partial charge in [0.1, 0.15) is 23.0 Å². The largest absolute Gasteiger partial charge is 0.394 e. The highest BCUT2D eigenvalue weighted by molar-refractivity contribution is 7.18. The van der Waals surface area contributed by atoms with E-state index in [0.29, 0.717) is 28.2 Å². The van der Waals surface area contributed by atoms with Crippen LogP contribution in [0.2, 0.25) is 5.02 Å². The van der Waals surface area contributed by atoms with Gasteiger partial charge in [-0.05, 0) is 36.4 Å². The van der Waals surface area contributed by atoms with Crippen molar-refractivity contribution in [2.45, 2.75) is 24.7 Å². The number of anilines is 1. The van der Waals surface area contributed by atoms with Crippen LogP contribution in [0.1, 0.15) is 27.9 Å². The molecule has 0 radical (unpaired) electrons. The van der Waals surface area contributed by atoms with Crippen molar-refractivity contribution in [1.82, 2.24) is 4.98 Å². The van der Waals surface area contributed by atoms with Gasteiger partial charge in [0.15, 0.2) is 0 Å². The number of carbonyl (C=O) groups is 1. The second-order valence-corrected chi connectivity index (χ2v) is 7.94. The number of fused-ring (bicyclic) bond motifs is 1. The Labute approximate surface area is 168 Å². The molecule has 0 saturated carbocycles. The van der Waals surface area contributed by atoms with Gasteiger partial charge < -0.3 is 20.3 Å². The number of carbonyl (C=O) groups excluding carboxylic acids is 1. The summed E-state index contributed by atoms with van der Waals surface area (Å²) in [6.45, 7) is -0.250. The molecule has 146 valence electrons. The van der Waals surface area contributed by atoms with Crippen LogP contribution in [0.15, 0.2) is 36.4 Å². The van der Waals surface area contributed by atoms with Crippen LogP contribution in [-0.2, 0) is 4.74 Å². The number of hydrogen-bond acceptors (Lipinski definition) is 6. The summed E-state index contributed by atoms with van der Waals surface area (Å²) >= 11 is 7.15. The second kappa shape index (κ2) is 7.73. The lowest BCUT2D eigenvalue weighted by molar-refractivity contribution is -0.0225. The topological polar surface area (TPSA) is 91.7 Å². The molecule has 2 heterocycles. The molecule has 1 aromatic heterocycles. The Bertz CT molecular complexity index is 1040. The molecular formula is C19H16ClFN2O4S. The van der Waals surface area contributed by atoms with Crippen LogP contribution < -0.4 is 5.32 Å². The van der Waals surface area contributed by atoms with Gasteiger partial charge in [-0.25, -0.2) is 9.37 Å². The van der Waals surface area contributed by atoms with Gasteiger partial charge in [-0.3, -0.25) is 4.79 Å². The molecule has 9 heteroatoms. The molecule has 6 nitrogen and oxygen atoms in total. The van der Waals surface area contributed by atoms with Gasteiger partial charge >= 0.3 is 0 Å². The third-order valence-electron chi connectivity index (χ3n) is 4.52. The van der Waals surface area contributed by atoms with Crippen molar-refractivity contribution in [2.24, 2.45) is 0 Å². The van der Waals surface area contributed by atoms with Gasteiger partial charge in [-0.2, -0.15) is 0 Å². The van der Waals surface area contributed by atoms with E-state index in [1.54, 1.807) is 18.2 Å². The average Bonchev–Trinajstić information content (AvgIpc) is 3.27. The molecule has 3 atom stereocenters. The first-order chi connectivity index (χ1) is 13.4. The number of rotatable bonds is 4. The fourth-order valence-electron chi connectivity index (χ4n) is 3.05. The highest BCUT2D eigenvalue weighted by atomic mass is 35.5. The number of amides is 1. The van der Waals surface area contributed by atoms with Crippen LogP contribution in [-0.4, -0.2) is 39.9 Å². The molecule has 0 unspecified atom stereocenters. The van der Waals surface area contributed by atoms with E-state index in [9.17, 15) is 19.4 Å². The van der Waals surface area contributed by atoms with Crippen LogP contribution in [0.4, 0.5) is 10.1 Å². The molecule has 1 fully saturated rings. The number of nitrogens with zero attached hydrogens (tertiary/aromatic N) is 1. The second-order valence-electron chi connectivity index (χ2n) is 6.47. The molecule has 1 amide bonds. The standard InChI is InChI=1S/C19H16ClFN2O4S/c20-11-6-10(2-3-12(11)21)22-18(26)9-1-4-17-13(5-9)23-19(28-17)15-7-14(25)16(8-24)27-15/h1-6,14-16,24-25H,7-8H2,(H,22,26)/t14-,15+,16+/m0/s1. The van der Waals surface area contributed by atoms with Crippen molar-refractivity contribution in [2.75, 3.05) is 11.9 Å². The first-order valence-corrected chi connectivity index (χ1v) is 9.75. The quantitative estimate of drug-likeness (QED) is 0.598. The van der Waals surface area contributed by atoms with E-state index < -0.39 is 18.0 Å². The Kier molecular flexibility index (Phi) is 5.31. The van der Waals surface area contributed by atoms with E-state index in [-0.39, 0.29) is 23.6 Å². The van der Waals surface area contributed by atoms with Crippen LogP contribution in [0.25, 0.3) is 10.2 Å². The number of aliphatic hydroxyl groups is 2. The highest BCUT2D eigenvalue weighted by Gasteiger charge is 2.35. The minimum absolute atomic E-state index is 0.0719. The third kappa shape index (κ3) is 3.74. The first-order valence-electron chi connectivity index (χ1n) is 8.56. The van der Waals surface area contributed by atoms with Crippen LogP contribution in [0.3, 0.4) is 0 Å². The fourth-order valence-corrected chi connectivity index (χ4v) is 4.23. The lowest BCUT2D eigenvalue weighted by Gasteiger charge is -2.09. The van der Waals surface area contributed by atoms with Crippen molar-refractivity contribution in [3.05, 3.63) is 57.8 Å².